The van der Waals surface area contributed by atoms with Gasteiger partial charge < -0.3 is 4.90 Å². The molecular formula is C16H13ClFN5O. The van der Waals surface area contributed by atoms with Crippen molar-refractivity contribution in [3.05, 3.63) is 71.2 Å². The molecule has 0 fully saturated rings. The number of hydrogen-bond acceptors (Lipinski definition) is 4. The minimum absolute atomic E-state index is 0.0377. The summed E-state index contributed by atoms with van der Waals surface area (Å²) in [5.74, 6) is -0.427. The lowest BCUT2D eigenvalue weighted by atomic mass is 10.1. The third-order valence-electron chi connectivity index (χ3n) is 3.46. The molecule has 0 radical (unpaired) electrons. The number of pyridine rings is 1. The second-order valence-electron chi connectivity index (χ2n) is 5.08. The van der Waals surface area contributed by atoms with Crippen LogP contribution in [0.4, 0.5) is 4.39 Å². The molecule has 0 atom stereocenters. The Morgan fingerprint density at radius 2 is 2.17 bits per heavy atom. The summed E-state index contributed by atoms with van der Waals surface area (Å²) in [6.45, 7) is 0.0377. The Morgan fingerprint density at radius 1 is 1.33 bits per heavy atom. The fourth-order valence-electron chi connectivity index (χ4n) is 2.26. The Bertz CT molecular complexity index is 848. The SMILES string of the molecule is CN(Cc1c(F)cccc1Cl)C(=O)c1cccnc1-n1cncn1. The predicted octanol–water partition coefficient (Wildman–Crippen LogP) is 2.73. The van der Waals surface area contributed by atoms with Crippen molar-refractivity contribution in [3.63, 3.8) is 0 Å². The quantitative estimate of drug-likeness (QED) is 0.729. The van der Waals surface area contributed by atoms with Crippen molar-refractivity contribution in [2.24, 2.45) is 0 Å². The minimum Gasteiger partial charge on any atom is -0.337 e. The number of rotatable bonds is 4. The molecule has 0 aliphatic rings. The summed E-state index contributed by atoms with van der Waals surface area (Å²) in [4.78, 5) is 22.2. The van der Waals surface area contributed by atoms with E-state index < -0.39 is 5.82 Å². The molecule has 1 aromatic carbocycles. The summed E-state index contributed by atoms with van der Waals surface area (Å²) in [5, 5.41) is 4.27. The van der Waals surface area contributed by atoms with Crippen molar-refractivity contribution >= 4 is 17.5 Å². The molecule has 0 N–H and O–H groups in total. The number of hydrogen-bond donors (Lipinski definition) is 0. The molecule has 0 unspecified atom stereocenters. The van der Waals surface area contributed by atoms with Crippen molar-refractivity contribution < 1.29 is 9.18 Å². The van der Waals surface area contributed by atoms with Crippen LogP contribution in [0.5, 0.6) is 0 Å². The number of benzene rings is 1. The summed E-state index contributed by atoms with van der Waals surface area (Å²) in [6.07, 6.45) is 4.36. The highest BCUT2D eigenvalue weighted by Crippen LogP contribution is 2.21. The number of halogens is 2. The molecule has 1 amide bonds. The summed E-state index contributed by atoms with van der Waals surface area (Å²) in [7, 11) is 1.57. The molecule has 3 rings (SSSR count). The van der Waals surface area contributed by atoms with Gasteiger partial charge in [0.1, 0.15) is 18.5 Å². The molecule has 2 heterocycles. The summed E-state index contributed by atoms with van der Waals surface area (Å²) in [6, 6.07) is 7.70. The van der Waals surface area contributed by atoms with E-state index in [1.807, 2.05) is 0 Å². The van der Waals surface area contributed by atoms with Crippen LogP contribution in [0.2, 0.25) is 5.02 Å². The monoisotopic (exact) mass is 345 g/mol. The first-order valence-corrected chi connectivity index (χ1v) is 7.44. The molecule has 0 aliphatic carbocycles. The highest BCUT2D eigenvalue weighted by atomic mass is 35.5. The number of nitrogens with zero attached hydrogens (tertiary/aromatic N) is 5. The lowest BCUT2D eigenvalue weighted by Crippen LogP contribution is -2.28. The molecule has 0 spiro atoms. The van der Waals surface area contributed by atoms with E-state index in [1.54, 1.807) is 31.4 Å². The van der Waals surface area contributed by atoms with Gasteiger partial charge in [-0.2, -0.15) is 5.10 Å². The maximum Gasteiger partial charge on any atom is 0.257 e. The largest absolute Gasteiger partial charge is 0.337 e. The van der Waals surface area contributed by atoms with Crippen LogP contribution in [0.25, 0.3) is 5.82 Å². The van der Waals surface area contributed by atoms with Gasteiger partial charge >= 0.3 is 0 Å². The van der Waals surface area contributed by atoms with Gasteiger partial charge in [-0.3, -0.25) is 4.79 Å². The lowest BCUT2D eigenvalue weighted by Gasteiger charge is -2.19. The van der Waals surface area contributed by atoms with Crippen molar-refractivity contribution in [1.29, 1.82) is 0 Å². The second-order valence-corrected chi connectivity index (χ2v) is 5.48. The second kappa shape index (κ2) is 6.76. The number of carbonyl (C=O) groups is 1. The Balaban J connectivity index is 1.90. The Morgan fingerprint density at radius 3 is 2.88 bits per heavy atom. The zero-order valence-corrected chi connectivity index (χ0v) is 13.5. The first-order chi connectivity index (χ1) is 11.6. The highest BCUT2D eigenvalue weighted by Gasteiger charge is 2.20. The minimum atomic E-state index is -0.454. The van der Waals surface area contributed by atoms with E-state index in [-0.39, 0.29) is 23.0 Å². The van der Waals surface area contributed by atoms with E-state index in [1.165, 1.54) is 34.4 Å². The molecule has 3 aromatic rings. The molecule has 24 heavy (non-hydrogen) atoms. The normalized spacial score (nSPS) is 10.6. The van der Waals surface area contributed by atoms with Crippen molar-refractivity contribution in [1.82, 2.24) is 24.6 Å². The zero-order chi connectivity index (χ0) is 17.1. The van der Waals surface area contributed by atoms with Crippen LogP contribution >= 0.6 is 11.6 Å². The van der Waals surface area contributed by atoms with Gasteiger partial charge in [0.25, 0.3) is 5.91 Å². The Kier molecular flexibility index (Phi) is 4.52. The van der Waals surface area contributed by atoms with Crippen LogP contribution < -0.4 is 0 Å². The van der Waals surface area contributed by atoms with Gasteiger partial charge in [-0.05, 0) is 24.3 Å². The molecule has 2 aromatic heterocycles. The Hall–Kier alpha value is -2.80. The first-order valence-electron chi connectivity index (χ1n) is 7.06. The third kappa shape index (κ3) is 3.11. The van der Waals surface area contributed by atoms with Crippen molar-refractivity contribution in [2.45, 2.75) is 6.54 Å². The maximum absolute atomic E-state index is 13.9. The maximum atomic E-state index is 13.9. The molecule has 8 heteroatoms. The van der Waals surface area contributed by atoms with E-state index in [2.05, 4.69) is 15.1 Å². The van der Waals surface area contributed by atoms with Crippen LogP contribution in [-0.2, 0) is 6.54 Å². The molecule has 122 valence electrons. The average Bonchev–Trinajstić information content (AvgIpc) is 3.12. The molecule has 0 saturated carbocycles. The fourth-order valence-corrected chi connectivity index (χ4v) is 2.48. The number of aromatic nitrogens is 4. The van der Waals surface area contributed by atoms with Gasteiger partial charge in [0.05, 0.1) is 5.56 Å². The number of amides is 1. The van der Waals surface area contributed by atoms with Crippen LogP contribution in [0.3, 0.4) is 0 Å². The van der Waals surface area contributed by atoms with Crippen LogP contribution in [0.15, 0.2) is 49.2 Å². The molecule has 0 aliphatic heterocycles. The van der Waals surface area contributed by atoms with Crippen LogP contribution in [-0.4, -0.2) is 37.6 Å². The average molecular weight is 346 g/mol. The lowest BCUT2D eigenvalue weighted by molar-refractivity contribution is 0.0783. The van der Waals surface area contributed by atoms with Crippen LogP contribution in [0, 0.1) is 5.82 Å². The molecule has 0 bridgehead atoms. The van der Waals surface area contributed by atoms with E-state index >= 15 is 0 Å². The predicted molar refractivity (Wildman–Crippen MR) is 86.4 cm³/mol. The molecule has 6 nitrogen and oxygen atoms in total. The fraction of sp³-hybridized carbons (Fsp3) is 0.125. The van der Waals surface area contributed by atoms with E-state index in [0.29, 0.717) is 11.4 Å². The molecular weight excluding hydrogens is 333 g/mol. The third-order valence-corrected chi connectivity index (χ3v) is 3.81. The van der Waals surface area contributed by atoms with Gasteiger partial charge in [-0.15, -0.1) is 0 Å². The van der Waals surface area contributed by atoms with Gasteiger partial charge in [-0.25, -0.2) is 19.0 Å². The van der Waals surface area contributed by atoms with E-state index in [9.17, 15) is 9.18 Å². The smallest absolute Gasteiger partial charge is 0.257 e. The van der Waals surface area contributed by atoms with E-state index in [4.69, 9.17) is 11.6 Å². The van der Waals surface area contributed by atoms with Crippen molar-refractivity contribution in [3.8, 4) is 5.82 Å². The number of carbonyl (C=O) groups excluding carboxylic acids is 1. The van der Waals surface area contributed by atoms with E-state index in [0.717, 1.165) is 0 Å². The summed E-state index contributed by atoms with van der Waals surface area (Å²) >= 11 is 6.02. The first kappa shape index (κ1) is 16.1. The van der Waals surface area contributed by atoms with Gasteiger partial charge in [0.15, 0.2) is 5.82 Å². The standard InChI is InChI=1S/C16H13ClFN5O/c1-22(8-12-13(17)5-2-6-14(12)18)16(24)11-4-3-7-20-15(11)23-10-19-9-21-23/h2-7,9-10H,8H2,1H3. The summed E-state index contributed by atoms with van der Waals surface area (Å²) in [5.41, 5.74) is 0.596. The summed E-state index contributed by atoms with van der Waals surface area (Å²) < 4.78 is 15.3. The Labute approximate surface area is 142 Å². The van der Waals surface area contributed by atoms with Gasteiger partial charge in [-0.1, -0.05) is 17.7 Å². The van der Waals surface area contributed by atoms with Crippen LogP contribution in [0.1, 0.15) is 15.9 Å². The van der Waals surface area contributed by atoms with Gasteiger partial charge in [0, 0.05) is 30.4 Å². The zero-order valence-electron chi connectivity index (χ0n) is 12.7. The topological polar surface area (TPSA) is 63.9 Å². The van der Waals surface area contributed by atoms with Gasteiger partial charge in [0.2, 0.25) is 0 Å². The van der Waals surface area contributed by atoms with Crippen molar-refractivity contribution in [2.75, 3.05) is 7.05 Å². The molecule has 0 saturated heterocycles. The highest BCUT2D eigenvalue weighted by molar-refractivity contribution is 6.31.